The smallest absolute Gasteiger partial charge is 0.503 e. The first-order chi connectivity index (χ1) is 30.5. The quantitative estimate of drug-likeness (QED) is 0.142. The van der Waals surface area contributed by atoms with E-state index in [4.69, 9.17) is 14.7 Å². The van der Waals surface area contributed by atoms with Crippen molar-refractivity contribution in [3.05, 3.63) is 159 Å². The first kappa shape index (κ1) is 47.5. The van der Waals surface area contributed by atoms with Gasteiger partial charge in [-0.05, 0) is 131 Å². The standard InChI is InChI=1S/C60H68N4O.Pt/c1-35(2)40-28-41(56-62-59(15)34-42-26-38(7)39(8)27-51(42)60(59,16)64(56)55-47(36(3)4)18-17-19-48(55)37(5)6)30-46(29-40)65-45-21-22-49-50-31-43(57(9,10)11)20-23-52(50)63(53(49)33-45)54-32-44(24-25-61-54)58(12,13)14;/h17-29,31-32,35-37H,34H2,1-16H3;/q-2;+2/t59-,60+;/m1./s1. The molecule has 0 saturated carbocycles. The minimum absolute atomic E-state index is 0. The van der Waals surface area contributed by atoms with Crippen molar-refractivity contribution >= 4 is 33.3 Å². The molecule has 0 amide bonds. The molecule has 0 spiro atoms. The van der Waals surface area contributed by atoms with Crippen molar-refractivity contribution in [3.8, 4) is 17.3 Å². The molecule has 5 aromatic carbocycles. The number of rotatable bonds is 8. The summed E-state index contributed by atoms with van der Waals surface area (Å²) in [5, 5.41) is 2.29. The molecule has 0 unspecified atom stereocenters. The average Bonchev–Trinajstić information content (AvgIpc) is 3.76. The molecular formula is C60H68N4OPt. The van der Waals surface area contributed by atoms with Crippen LogP contribution >= 0.6 is 0 Å². The predicted molar refractivity (Wildman–Crippen MR) is 273 cm³/mol. The van der Waals surface area contributed by atoms with Crippen molar-refractivity contribution in [2.45, 2.75) is 157 Å². The van der Waals surface area contributed by atoms with Crippen LogP contribution in [0.2, 0.25) is 0 Å². The molecule has 0 bridgehead atoms. The number of anilines is 1. The summed E-state index contributed by atoms with van der Waals surface area (Å²) in [5.74, 6) is 3.93. The van der Waals surface area contributed by atoms with E-state index in [1.165, 1.54) is 61.1 Å². The zero-order valence-electron chi connectivity index (χ0n) is 42.1. The topological polar surface area (TPSA) is 42.6 Å². The summed E-state index contributed by atoms with van der Waals surface area (Å²) in [5.41, 5.74) is 15.1. The molecule has 66 heavy (non-hydrogen) atoms. The number of amidine groups is 1. The maximum Gasteiger partial charge on any atom is 2.00 e. The Hall–Kier alpha value is -4.99. The van der Waals surface area contributed by atoms with Crippen molar-refractivity contribution in [2.24, 2.45) is 4.99 Å². The monoisotopic (exact) mass is 1060 g/mol. The zero-order valence-corrected chi connectivity index (χ0v) is 44.4. The van der Waals surface area contributed by atoms with Crippen LogP contribution in [0.5, 0.6) is 11.5 Å². The van der Waals surface area contributed by atoms with Crippen LogP contribution in [0.25, 0.3) is 27.6 Å². The van der Waals surface area contributed by atoms with Crippen LogP contribution in [-0.2, 0) is 43.9 Å². The molecule has 0 saturated heterocycles. The van der Waals surface area contributed by atoms with Gasteiger partial charge in [0.05, 0.1) is 16.9 Å². The van der Waals surface area contributed by atoms with Crippen LogP contribution in [0, 0.1) is 26.0 Å². The van der Waals surface area contributed by atoms with Crippen LogP contribution in [0.3, 0.4) is 0 Å². The van der Waals surface area contributed by atoms with Crippen molar-refractivity contribution in [1.82, 2.24) is 9.55 Å². The number of para-hydroxylation sites is 1. The largest absolute Gasteiger partial charge is 2.00 e. The molecule has 7 aromatic rings. The van der Waals surface area contributed by atoms with Crippen LogP contribution in [-0.4, -0.2) is 20.9 Å². The normalized spacial score (nSPS) is 18.4. The Morgan fingerprint density at radius 2 is 1.33 bits per heavy atom. The maximum absolute atomic E-state index is 7.00. The zero-order chi connectivity index (χ0) is 46.7. The molecule has 0 radical (unpaired) electrons. The summed E-state index contributed by atoms with van der Waals surface area (Å²) in [6.07, 6.45) is 2.79. The van der Waals surface area contributed by atoms with Crippen LogP contribution < -0.4 is 9.64 Å². The number of aryl methyl sites for hydroxylation is 2. The fourth-order valence-corrected chi connectivity index (χ4v) is 10.5. The molecule has 6 heteroatoms. The number of fused-ring (bicyclic) bond motifs is 6. The van der Waals surface area contributed by atoms with E-state index >= 15 is 0 Å². The molecule has 344 valence electrons. The predicted octanol–water partition coefficient (Wildman–Crippen LogP) is 15.6. The third-order valence-corrected chi connectivity index (χ3v) is 14.8. The second-order valence-electron chi connectivity index (χ2n) is 22.5. The summed E-state index contributed by atoms with van der Waals surface area (Å²) in [6.45, 7) is 36.6. The first-order valence-corrected chi connectivity index (χ1v) is 23.9. The van der Waals surface area contributed by atoms with Crippen molar-refractivity contribution in [1.29, 1.82) is 0 Å². The second kappa shape index (κ2) is 16.7. The van der Waals surface area contributed by atoms with E-state index in [9.17, 15) is 0 Å². The summed E-state index contributed by atoms with van der Waals surface area (Å²) in [7, 11) is 0. The number of ether oxygens (including phenoxy) is 1. The van der Waals surface area contributed by atoms with E-state index in [1.807, 2.05) is 6.20 Å². The molecule has 0 fully saturated rings. The fraction of sp³-hybridized carbons (Fsp3) is 0.400. The maximum atomic E-state index is 7.00. The van der Waals surface area contributed by atoms with Gasteiger partial charge in [-0.25, -0.2) is 4.98 Å². The molecule has 1 aliphatic carbocycles. The van der Waals surface area contributed by atoms with Crippen molar-refractivity contribution in [2.75, 3.05) is 4.90 Å². The first-order valence-electron chi connectivity index (χ1n) is 23.9. The van der Waals surface area contributed by atoms with E-state index in [0.29, 0.717) is 23.3 Å². The van der Waals surface area contributed by atoms with Crippen molar-refractivity contribution in [3.63, 3.8) is 0 Å². The number of hydrogen-bond donors (Lipinski definition) is 0. The van der Waals surface area contributed by atoms with Gasteiger partial charge >= 0.3 is 21.1 Å². The van der Waals surface area contributed by atoms with Gasteiger partial charge in [-0.3, -0.25) is 0 Å². The van der Waals surface area contributed by atoms with E-state index in [2.05, 4.69) is 217 Å². The van der Waals surface area contributed by atoms with Crippen LogP contribution in [0.4, 0.5) is 5.69 Å². The number of hydrogen-bond acceptors (Lipinski definition) is 4. The van der Waals surface area contributed by atoms with E-state index < -0.39 is 11.1 Å². The Bertz CT molecular complexity index is 3040. The average molecular weight is 1060 g/mol. The summed E-state index contributed by atoms with van der Waals surface area (Å²) >= 11 is 0. The number of aliphatic imine (C=N–C) groups is 1. The Balaban J connectivity index is 0.00000592. The van der Waals surface area contributed by atoms with Gasteiger partial charge in [-0.15, -0.1) is 34.7 Å². The SMILES string of the molecule is Cc1cc2c(cc1C)[C@]1(C)N(c3c(C(C)C)cccc3C(C)C)C(c3[c-]c(Oc4[c-]c5c(cc4)c4cc(C(C)(C)C)ccc4n5-c4cc(C(C)(C)C)ccn4)cc(C(C)C)c3)=N[C@]1(C)C2.[Pt+2]. The molecule has 3 heterocycles. The van der Waals surface area contributed by atoms with Gasteiger partial charge < -0.3 is 19.2 Å². The molecule has 0 N–H and O–H groups in total. The third-order valence-electron chi connectivity index (χ3n) is 14.8. The fourth-order valence-electron chi connectivity index (χ4n) is 10.5. The third kappa shape index (κ3) is 7.76. The van der Waals surface area contributed by atoms with Gasteiger partial charge in [0, 0.05) is 28.9 Å². The number of aromatic nitrogens is 2. The van der Waals surface area contributed by atoms with Gasteiger partial charge in [0.2, 0.25) is 0 Å². The number of pyridine rings is 1. The molecule has 1 aliphatic heterocycles. The minimum Gasteiger partial charge on any atom is -0.503 e. The molecule has 2 aromatic heterocycles. The molecule has 5 nitrogen and oxygen atoms in total. The Kier molecular flexibility index (Phi) is 12.0. The van der Waals surface area contributed by atoms with Crippen molar-refractivity contribution < 1.29 is 25.8 Å². The van der Waals surface area contributed by atoms with Gasteiger partial charge in [0.25, 0.3) is 0 Å². The van der Waals surface area contributed by atoms with Gasteiger partial charge in [0.1, 0.15) is 5.82 Å². The summed E-state index contributed by atoms with van der Waals surface area (Å²) in [6, 6.07) is 39.2. The summed E-state index contributed by atoms with van der Waals surface area (Å²) in [4.78, 5) is 13.5. The van der Waals surface area contributed by atoms with Gasteiger partial charge in [-0.2, -0.15) is 6.07 Å². The number of nitrogens with zero attached hydrogens (tertiary/aromatic N) is 4. The minimum atomic E-state index is -0.454. The Morgan fingerprint density at radius 1 is 0.682 bits per heavy atom. The molecule has 9 rings (SSSR count). The number of benzene rings is 5. The molecular weight excluding hydrogens is 988 g/mol. The molecule has 2 atom stereocenters. The van der Waals surface area contributed by atoms with Gasteiger partial charge in [0.15, 0.2) is 0 Å². The van der Waals surface area contributed by atoms with E-state index in [1.54, 1.807) is 0 Å². The molecule has 2 aliphatic rings. The Labute approximate surface area is 409 Å². The summed E-state index contributed by atoms with van der Waals surface area (Å²) < 4.78 is 9.25. The second-order valence-corrected chi connectivity index (χ2v) is 22.5. The van der Waals surface area contributed by atoms with Crippen LogP contribution in [0.1, 0.15) is 170 Å². The van der Waals surface area contributed by atoms with Gasteiger partial charge in [-0.1, -0.05) is 143 Å². The van der Waals surface area contributed by atoms with E-state index in [0.717, 1.165) is 40.1 Å². The van der Waals surface area contributed by atoms with E-state index in [-0.39, 0.29) is 37.8 Å². The van der Waals surface area contributed by atoms with Crippen LogP contribution in [0.15, 0.2) is 96.1 Å². The Morgan fingerprint density at radius 3 is 1.97 bits per heavy atom.